The van der Waals surface area contributed by atoms with Gasteiger partial charge in [-0.05, 0) is 117 Å². The Hall–Kier alpha value is -6.38. The number of hydrogen-bond acceptors (Lipinski definition) is 16. The predicted octanol–water partition coefficient (Wildman–Crippen LogP) is 5.95. The standard InChI is InChI=1S/C26H31N3O7S3.C25H29N5O4S2/c1-36-22-6-2-4-19(16-22)26(31)27-18-23-8-9-25(37-23)39(34,35)29-12-10-20(11-13-29)28-21-5-3-7-24(17-21)38(32,33)15-14-30;1-34-21-7-3-5-18(15-21)25(31)28-16-22-8-9-23(35-22)36(32,33)30-12-10-19(11-13-30)29-20-6-2-4-17(14-20)24(26)27/h2-9,16-17,20,28,30H,10-15,18H2,1H3,(H,27,31);2-9,14-15,19,29H,10-13,16H2,1H3,(H3,26,27)(H,28,31). The van der Waals surface area contributed by atoms with Crippen LogP contribution in [0.2, 0.25) is 0 Å². The monoisotopic (exact) mass is 1120 g/mol. The SMILES string of the molecule is COc1cccc(C(=O)NCc2ccc(S(=O)(=O)N3CCC(Nc4cccc(C(=N)N)c4)CC3)s2)c1.COc1cccc(C(=O)NCc2ccc(S(=O)(=O)N3CCC(Nc4cccc(S(=O)(=O)CCO)c4)CC3)s2)c1. The van der Waals surface area contributed by atoms with Crippen molar-refractivity contribution in [1.29, 1.82) is 5.41 Å². The van der Waals surface area contributed by atoms with Crippen LogP contribution in [0.3, 0.4) is 0 Å². The Balaban J connectivity index is 0.000000219. The molecular formula is C51H60N8O11S5. The molecule has 2 amide bonds. The highest BCUT2D eigenvalue weighted by molar-refractivity contribution is 7.92. The van der Waals surface area contributed by atoms with Gasteiger partial charge >= 0.3 is 0 Å². The maximum absolute atomic E-state index is 13.2. The van der Waals surface area contributed by atoms with Crippen molar-refractivity contribution >= 4 is 81.6 Å². The van der Waals surface area contributed by atoms with Crippen LogP contribution in [0.1, 0.15) is 61.7 Å². The number of nitrogens with one attached hydrogen (secondary N) is 5. The third-order valence-corrected chi connectivity index (χ3v) is 20.9. The zero-order chi connectivity index (χ0) is 53.8. The van der Waals surface area contributed by atoms with Crippen LogP contribution >= 0.6 is 22.7 Å². The van der Waals surface area contributed by atoms with Crippen molar-refractivity contribution < 1.29 is 49.4 Å². The summed E-state index contributed by atoms with van der Waals surface area (Å²) in [5, 5.41) is 29.0. The number of hydrogen-bond donors (Lipinski definition) is 7. The highest BCUT2D eigenvalue weighted by Gasteiger charge is 2.32. The fourth-order valence-corrected chi connectivity index (χ4v) is 15.2. The minimum Gasteiger partial charge on any atom is -0.497 e. The van der Waals surface area contributed by atoms with Gasteiger partial charge in [0.05, 0.1) is 44.6 Å². The van der Waals surface area contributed by atoms with Crippen molar-refractivity contribution in [2.75, 3.05) is 63.4 Å². The first-order valence-electron chi connectivity index (χ1n) is 23.8. The molecule has 2 aliphatic rings. The van der Waals surface area contributed by atoms with Gasteiger partial charge in [0, 0.05) is 76.1 Å². The van der Waals surface area contributed by atoms with E-state index in [0.717, 1.165) is 26.8 Å². The average Bonchev–Trinajstić information content (AvgIpc) is 4.12. The molecule has 4 heterocycles. The molecule has 0 bridgehead atoms. The first kappa shape index (κ1) is 56.3. The van der Waals surface area contributed by atoms with E-state index in [0.29, 0.717) is 85.7 Å². The quantitative estimate of drug-likeness (QED) is 0.0344. The number of carbonyl (C=O) groups excluding carboxylic acids is 2. The normalized spacial score (nSPS) is 15.0. The van der Waals surface area contributed by atoms with E-state index in [1.165, 1.54) is 46.3 Å². The third-order valence-electron chi connectivity index (χ3n) is 12.3. The second-order valence-electron chi connectivity index (χ2n) is 17.5. The van der Waals surface area contributed by atoms with Crippen LogP contribution in [0.5, 0.6) is 11.5 Å². The number of anilines is 2. The molecule has 4 aromatic carbocycles. The van der Waals surface area contributed by atoms with Crippen LogP contribution in [-0.2, 0) is 43.0 Å². The number of aliphatic hydroxyl groups excluding tert-OH is 1. The molecule has 2 fully saturated rings. The van der Waals surface area contributed by atoms with Gasteiger partial charge in [0.1, 0.15) is 25.8 Å². The number of nitrogen functional groups attached to an aromatic ring is 1. The maximum atomic E-state index is 13.2. The number of methoxy groups -OCH3 is 2. The Morgan fingerprint density at radius 1 is 0.613 bits per heavy atom. The number of carbonyl (C=O) groups is 2. The lowest BCUT2D eigenvalue weighted by Crippen LogP contribution is -2.42. The Bertz CT molecular complexity index is 3300. The first-order valence-corrected chi connectivity index (χ1v) is 30.0. The van der Waals surface area contributed by atoms with Crippen LogP contribution in [-0.4, -0.2) is 121 Å². The second-order valence-corrected chi connectivity index (χ2v) is 26.3. The van der Waals surface area contributed by atoms with Gasteiger partial charge in [-0.3, -0.25) is 15.0 Å². The van der Waals surface area contributed by atoms with Crippen LogP contribution in [0.25, 0.3) is 0 Å². The number of nitrogens with zero attached hydrogens (tertiary/aromatic N) is 2. The lowest BCUT2D eigenvalue weighted by atomic mass is 10.1. The number of sulfonamides is 2. The Morgan fingerprint density at radius 2 is 1.04 bits per heavy atom. The van der Waals surface area contributed by atoms with E-state index in [9.17, 15) is 34.8 Å². The van der Waals surface area contributed by atoms with Crippen LogP contribution in [0.4, 0.5) is 11.4 Å². The number of piperidine rings is 2. The molecule has 24 heteroatoms. The molecular weight excluding hydrogens is 1060 g/mol. The smallest absolute Gasteiger partial charge is 0.252 e. The summed E-state index contributed by atoms with van der Waals surface area (Å²) in [7, 11) is -7.78. The number of ether oxygens (including phenoxy) is 2. The van der Waals surface area contributed by atoms with Gasteiger partial charge in [0.25, 0.3) is 31.9 Å². The van der Waals surface area contributed by atoms with Crippen LogP contribution in [0, 0.1) is 5.41 Å². The summed E-state index contributed by atoms with van der Waals surface area (Å²) >= 11 is 2.30. The molecule has 19 nitrogen and oxygen atoms in total. The fraction of sp³-hybridized carbons (Fsp3) is 0.314. The number of amidine groups is 1. The minimum atomic E-state index is -3.68. The number of benzene rings is 4. The number of rotatable bonds is 20. The molecule has 8 rings (SSSR count). The molecule has 0 saturated carbocycles. The van der Waals surface area contributed by atoms with Gasteiger partial charge in [0.15, 0.2) is 9.84 Å². The maximum Gasteiger partial charge on any atom is 0.252 e. The molecule has 2 saturated heterocycles. The molecule has 75 heavy (non-hydrogen) atoms. The van der Waals surface area contributed by atoms with Gasteiger partial charge in [-0.25, -0.2) is 25.3 Å². The molecule has 8 N–H and O–H groups in total. The molecule has 0 aliphatic carbocycles. The Kier molecular flexibility index (Phi) is 19.1. The van der Waals surface area contributed by atoms with Gasteiger partial charge in [-0.2, -0.15) is 8.61 Å². The topological polar surface area (TPSA) is 280 Å². The number of amides is 2. The average molecular weight is 1120 g/mol. The summed E-state index contributed by atoms with van der Waals surface area (Å²) in [5.74, 6) is 0.301. The van der Waals surface area contributed by atoms with E-state index in [4.69, 9.17) is 25.7 Å². The Morgan fingerprint density at radius 3 is 1.48 bits per heavy atom. The van der Waals surface area contributed by atoms with E-state index >= 15 is 0 Å². The molecule has 0 spiro atoms. The zero-order valence-corrected chi connectivity index (χ0v) is 45.3. The predicted molar refractivity (Wildman–Crippen MR) is 291 cm³/mol. The minimum absolute atomic E-state index is 0.00902. The second kappa shape index (κ2) is 25.4. The van der Waals surface area contributed by atoms with E-state index in [1.807, 2.05) is 18.2 Å². The van der Waals surface area contributed by atoms with E-state index < -0.39 is 36.5 Å². The van der Waals surface area contributed by atoms with Crippen molar-refractivity contribution in [3.8, 4) is 11.5 Å². The van der Waals surface area contributed by atoms with Gasteiger partial charge in [-0.15, -0.1) is 22.7 Å². The highest BCUT2D eigenvalue weighted by Crippen LogP contribution is 2.30. The third kappa shape index (κ3) is 14.9. The molecule has 0 atom stereocenters. The first-order chi connectivity index (χ1) is 35.9. The van der Waals surface area contributed by atoms with E-state index in [2.05, 4.69) is 21.3 Å². The largest absolute Gasteiger partial charge is 0.497 e. The summed E-state index contributed by atoms with van der Waals surface area (Å²) in [6, 6.07) is 34.1. The summed E-state index contributed by atoms with van der Waals surface area (Å²) in [6.45, 7) is 1.45. The molecule has 2 aliphatic heterocycles. The van der Waals surface area contributed by atoms with Crippen molar-refractivity contribution in [1.82, 2.24) is 19.2 Å². The zero-order valence-electron chi connectivity index (χ0n) is 41.2. The summed E-state index contributed by atoms with van der Waals surface area (Å²) in [5.41, 5.74) is 8.64. The van der Waals surface area contributed by atoms with Gasteiger partial charge in [0.2, 0.25) is 0 Å². The van der Waals surface area contributed by atoms with Crippen LogP contribution < -0.4 is 36.5 Å². The van der Waals surface area contributed by atoms with Crippen LogP contribution in [0.15, 0.2) is 135 Å². The molecule has 0 radical (unpaired) electrons. The molecule has 400 valence electrons. The van der Waals surface area contributed by atoms with Gasteiger partial charge < -0.3 is 41.6 Å². The van der Waals surface area contributed by atoms with Crippen molar-refractivity contribution in [2.24, 2.45) is 5.73 Å². The Labute approximate surface area is 445 Å². The highest BCUT2D eigenvalue weighted by atomic mass is 32.3. The summed E-state index contributed by atoms with van der Waals surface area (Å²) in [6.07, 6.45) is 2.44. The van der Waals surface area contributed by atoms with E-state index in [-0.39, 0.29) is 61.9 Å². The number of thiophene rings is 2. The molecule has 0 unspecified atom stereocenters. The summed E-state index contributed by atoms with van der Waals surface area (Å²) in [4.78, 5) is 26.5. The van der Waals surface area contributed by atoms with Crippen molar-refractivity contribution in [2.45, 2.75) is 64.2 Å². The fourth-order valence-electron chi connectivity index (χ4n) is 8.25. The number of sulfone groups is 1. The molecule has 6 aromatic rings. The van der Waals surface area contributed by atoms with E-state index in [1.54, 1.807) is 91.0 Å². The van der Waals surface area contributed by atoms with Gasteiger partial charge in [-0.1, -0.05) is 30.3 Å². The van der Waals surface area contributed by atoms with Crippen molar-refractivity contribution in [3.63, 3.8) is 0 Å². The van der Waals surface area contributed by atoms with Crippen molar-refractivity contribution in [3.05, 3.63) is 148 Å². The lowest BCUT2D eigenvalue weighted by molar-refractivity contribution is 0.0943. The molecule has 2 aromatic heterocycles. The number of nitrogens with two attached hydrogens (primary N) is 1. The lowest BCUT2D eigenvalue weighted by Gasteiger charge is -2.31. The number of aliphatic hydroxyl groups is 1. The summed E-state index contributed by atoms with van der Waals surface area (Å²) < 4.78 is 91.1.